The maximum atomic E-state index is 13.1. The third-order valence-electron chi connectivity index (χ3n) is 5.25. The second-order valence-electron chi connectivity index (χ2n) is 8.01. The number of nitrogens with one attached hydrogen (secondary N) is 1. The fourth-order valence-electron chi connectivity index (χ4n) is 3.36. The Morgan fingerprint density at radius 1 is 1.03 bits per heavy atom. The maximum absolute atomic E-state index is 13.1. The number of fused-ring (bicyclic) bond motifs is 1. The highest BCUT2D eigenvalue weighted by Gasteiger charge is 2.18. The molecule has 4 aromatic rings. The topological polar surface area (TPSA) is 96.7 Å². The van der Waals surface area contributed by atoms with Crippen LogP contribution < -0.4 is 5.32 Å². The van der Waals surface area contributed by atoms with E-state index in [1.54, 1.807) is 65.5 Å². The van der Waals surface area contributed by atoms with Crippen LogP contribution in [0, 0.1) is 0 Å². The van der Waals surface area contributed by atoms with Gasteiger partial charge in [-0.15, -0.1) is 0 Å². The highest BCUT2D eigenvalue weighted by Crippen LogP contribution is 2.22. The van der Waals surface area contributed by atoms with Crippen molar-refractivity contribution in [3.63, 3.8) is 0 Å². The average Bonchev–Trinajstić information content (AvgIpc) is 3.29. The van der Waals surface area contributed by atoms with Gasteiger partial charge in [0.2, 0.25) is 15.6 Å². The number of rotatable bonds is 8. The fourth-order valence-corrected chi connectivity index (χ4v) is 4.69. The Labute approximate surface area is 192 Å². The Kier molecular flexibility index (Phi) is 6.52. The van der Waals surface area contributed by atoms with Crippen LogP contribution in [0.1, 0.15) is 21.5 Å². The van der Waals surface area contributed by atoms with Gasteiger partial charge in [-0.25, -0.2) is 18.4 Å². The fraction of sp³-hybridized carbons (Fsp3) is 0.208. The van der Waals surface area contributed by atoms with E-state index in [4.69, 9.17) is 0 Å². The molecule has 0 aliphatic carbocycles. The number of aromatic nitrogens is 3. The van der Waals surface area contributed by atoms with Gasteiger partial charge in [0.25, 0.3) is 5.91 Å². The van der Waals surface area contributed by atoms with Gasteiger partial charge in [0.1, 0.15) is 0 Å². The summed E-state index contributed by atoms with van der Waals surface area (Å²) in [6.07, 6.45) is 7.24. The van der Waals surface area contributed by atoms with Gasteiger partial charge in [-0.05, 0) is 55.9 Å². The number of hydrogen-bond donors (Lipinski definition) is 1. The van der Waals surface area contributed by atoms with Crippen molar-refractivity contribution in [1.82, 2.24) is 24.6 Å². The average molecular weight is 464 g/mol. The molecule has 170 valence electrons. The van der Waals surface area contributed by atoms with Crippen LogP contribution in [0.4, 0.5) is 0 Å². The van der Waals surface area contributed by atoms with E-state index in [9.17, 15) is 13.2 Å². The number of carbonyl (C=O) groups excluding carboxylic acids is 1. The monoisotopic (exact) mass is 463 g/mol. The van der Waals surface area contributed by atoms with Gasteiger partial charge in [0.15, 0.2) is 0 Å². The maximum Gasteiger partial charge on any atom is 0.254 e. The lowest BCUT2D eigenvalue weighted by atomic mass is 10.1. The van der Waals surface area contributed by atoms with E-state index in [0.29, 0.717) is 11.3 Å². The molecular formula is C24H25N5O3S. The van der Waals surface area contributed by atoms with Gasteiger partial charge >= 0.3 is 0 Å². The van der Waals surface area contributed by atoms with Gasteiger partial charge < -0.3 is 10.2 Å². The smallest absolute Gasteiger partial charge is 0.254 e. The summed E-state index contributed by atoms with van der Waals surface area (Å²) >= 11 is 0. The number of benzene rings is 2. The SMILES string of the molecule is CN(C)CCc1cccc(S(=O)(=O)c2ccc(CNC(=O)c3cnc4nccn4c3)cc2)c1. The summed E-state index contributed by atoms with van der Waals surface area (Å²) in [5, 5.41) is 2.83. The molecule has 9 heteroatoms. The minimum Gasteiger partial charge on any atom is -0.348 e. The molecule has 0 radical (unpaired) electrons. The van der Waals surface area contributed by atoms with E-state index < -0.39 is 9.84 Å². The zero-order chi connectivity index (χ0) is 23.4. The molecule has 0 atom stereocenters. The van der Waals surface area contributed by atoms with E-state index in [-0.39, 0.29) is 22.2 Å². The molecule has 0 fully saturated rings. The van der Waals surface area contributed by atoms with Crippen molar-refractivity contribution in [3.8, 4) is 0 Å². The van der Waals surface area contributed by atoms with Gasteiger partial charge in [-0.3, -0.25) is 9.20 Å². The van der Waals surface area contributed by atoms with Crippen LogP contribution in [-0.4, -0.2) is 54.2 Å². The van der Waals surface area contributed by atoms with E-state index in [1.807, 2.05) is 20.2 Å². The Balaban J connectivity index is 1.43. The third-order valence-corrected chi connectivity index (χ3v) is 7.02. The summed E-state index contributed by atoms with van der Waals surface area (Å²) in [6.45, 7) is 1.11. The van der Waals surface area contributed by atoms with Gasteiger partial charge in [0.05, 0.1) is 15.4 Å². The van der Waals surface area contributed by atoms with E-state index >= 15 is 0 Å². The number of nitrogens with zero attached hydrogens (tertiary/aromatic N) is 4. The van der Waals surface area contributed by atoms with Gasteiger partial charge in [-0.1, -0.05) is 24.3 Å². The van der Waals surface area contributed by atoms with Crippen molar-refractivity contribution in [2.45, 2.75) is 22.8 Å². The van der Waals surface area contributed by atoms with Crippen molar-refractivity contribution in [1.29, 1.82) is 0 Å². The van der Waals surface area contributed by atoms with E-state index in [2.05, 4.69) is 20.2 Å². The van der Waals surface area contributed by atoms with Crippen LogP contribution in [0.25, 0.3) is 5.78 Å². The molecule has 2 heterocycles. The summed E-state index contributed by atoms with van der Waals surface area (Å²) in [5.74, 6) is 0.246. The summed E-state index contributed by atoms with van der Waals surface area (Å²) in [4.78, 5) is 23.2. The van der Waals surface area contributed by atoms with Crippen LogP contribution in [0.3, 0.4) is 0 Å². The molecule has 2 aromatic carbocycles. The summed E-state index contributed by atoms with van der Waals surface area (Å²) in [7, 11) is 0.347. The second kappa shape index (κ2) is 9.51. The highest BCUT2D eigenvalue weighted by atomic mass is 32.2. The number of likely N-dealkylation sites (N-methyl/N-ethyl adjacent to an activating group) is 1. The lowest BCUT2D eigenvalue weighted by Gasteiger charge is -2.11. The van der Waals surface area contributed by atoms with Crippen LogP contribution >= 0.6 is 0 Å². The van der Waals surface area contributed by atoms with Gasteiger partial charge in [0, 0.05) is 37.9 Å². The molecule has 0 aliphatic heterocycles. The first kappa shape index (κ1) is 22.6. The number of carbonyl (C=O) groups is 1. The van der Waals surface area contributed by atoms with E-state index in [1.165, 1.54) is 6.20 Å². The number of amides is 1. The Hall–Kier alpha value is -3.56. The number of imidazole rings is 1. The predicted molar refractivity (Wildman–Crippen MR) is 125 cm³/mol. The van der Waals surface area contributed by atoms with E-state index in [0.717, 1.165) is 24.1 Å². The lowest BCUT2D eigenvalue weighted by Crippen LogP contribution is -2.23. The second-order valence-corrected chi connectivity index (χ2v) is 9.96. The number of sulfone groups is 1. The molecule has 1 amide bonds. The molecule has 0 bridgehead atoms. The predicted octanol–water partition coefficient (Wildman–Crippen LogP) is 2.60. The molecule has 4 rings (SSSR count). The quantitative estimate of drug-likeness (QED) is 0.432. The molecule has 0 aliphatic rings. The minimum absolute atomic E-state index is 0.220. The summed E-state index contributed by atoms with van der Waals surface area (Å²) in [6, 6.07) is 13.6. The first-order valence-electron chi connectivity index (χ1n) is 10.5. The molecule has 0 saturated heterocycles. The molecule has 0 saturated carbocycles. The van der Waals surface area contributed by atoms with Crippen LogP contribution in [-0.2, 0) is 22.8 Å². The number of hydrogen-bond acceptors (Lipinski definition) is 6. The van der Waals surface area contributed by atoms with Crippen molar-refractivity contribution in [2.24, 2.45) is 0 Å². The first-order chi connectivity index (χ1) is 15.8. The molecule has 1 N–H and O–H groups in total. The molecule has 33 heavy (non-hydrogen) atoms. The first-order valence-corrected chi connectivity index (χ1v) is 12.0. The molecule has 8 nitrogen and oxygen atoms in total. The Bertz CT molecular complexity index is 1380. The minimum atomic E-state index is -3.62. The van der Waals surface area contributed by atoms with Crippen LogP contribution in [0.15, 0.2) is 83.1 Å². The summed E-state index contributed by atoms with van der Waals surface area (Å²) in [5.41, 5.74) is 2.18. The Morgan fingerprint density at radius 2 is 1.82 bits per heavy atom. The van der Waals surface area contributed by atoms with Crippen LogP contribution in [0.2, 0.25) is 0 Å². The largest absolute Gasteiger partial charge is 0.348 e. The highest BCUT2D eigenvalue weighted by molar-refractivity contribution is 7.91. The Morgan fingerprint density at radius 3 is 2.58 bits per heavy atom. The summed E-state index contributed by atoms with van der Waals surface area (Å²) < 4.78 is 27.8. The zero-order valence-corrected chi connectivity index (χ0v) is 19.3. The standard InChI is InChI=1S/C24H25N5O3S/c1-28(2)12-10-18-4-3-5-22(14-18)33(31,32)21-8-6-19(7-9-21)15-26-23(30)20-16-27-24-25-11-13-29(24)17-20/h3-9,11,13-14,16-17H,10,12,15H2,1-2H3,(H,26,30). The molecule has 2 aromatic heterocycles. The van der Waals surface area contributed by atoms with Gasteiger partial charge in [-0.2, -0.15) is 0 Å². The molecule has 0 spiro atoms. The lowest BCUT2D eigenvalue weighted by molar-refractivity contribution is 0.0950. The molecule has 0 unspecified atom stereocenters. The third kappa shape index (κ3) is 5.27. The van der Waals surface area contributed by atoms with Crippen molar-refractivity contribution >= 4 is 21.5 Å². The van der Waals surface area contributed by atoms with Crippen molar-refractivity contribution in [3.05, 3.63) is 90.0 Å². The normalized spacial score (nSPS) is 11.7. The molecular weight excluding hydrogens is 438 g/mol. The van der Waals surface area contributed by atoms with Crippen molar-refractivity contribution in [2.75, 3.05) is 20.6 Å². The zero-order valence-electron chi connectivity index (χ0n) is 18.5. The van der Waals surface area contributed by atoms with Crippen molar-refractivity contribution < 1.29 is 13.2 Å². The van der Waals surface area contributed by atoms with Crippen LogP contribution in [0.5, 0.6) is 0 Å².